The van der Waals surface area contributed by atoms with Gasteiger partial charge in [0.15, 0.2) is 0 Å². The third-order valence-electron chi connectivity index (χ3n) is 5.06. The Morgan fingerprint density at radius 2 is 1.67 bits per heavy atom. The van der Waals surface area contributed by atoms with Crippen LogP contribution < -0.4 is 10.6 Å². The predicted octanol–water partition coefficient (Wildman–Crippen LogP) is 1.45. The van der Waals surface area contributed by atoms with Crippen LogP contribution in [0, 0.1) is 11.8 Å². The minimum atomic E-state index is -0.205. The van der Waals surface area contributed by atoms with Crippen molar-refractivity contribution in [2.75, 3.05) is 26.2 Å². The van der Waals surface area contributed by atoms with E-state index in [0.717, 1.165) is 51.5 Å². The summed E-state index contributed by atoms with van der Waals surface area (Å²) in [6, 6.07) is 0. The molecule has 6 heteroatoms. The lowest BCUT2D eigenvalue weighted by Gasteiger charge is -2.29. The first-order valence-electron chi connectivity index (χ1n) is 9.46. The molecule has 136 valence electrons. The fraction of sp³-hybridized carbons (Fsp3) is 0.833. The van der Waals surface area contributed by atoms with Crippen LogP contribution >= 0.6 is 0 Å². The van der Waals surface area contributed by atoms with Gasteiger partial charge in [0.1, 0.15) is 0 Å². The van der Waals surface area contributed by atoms with Gasteiger partial charge in [-0.1, -0.05) is 19.8 Å². The minimum Gasteiger partial charge on any atom is -0.356 e. The zero-order valence-corrected chi connectivity index (χ0v) is 14.8. The molecule has 3 amide bonds. The molecule has 6 nitrogen and oxygen atoms in total. The van der Waals surface area contributed by atoms with Gasteiger partial charge in [0.05, 0.1) is 0 Å². The highest BCUT2D eigenvalue weighted by Crippen LogP contribution is 2.30. The van der Waals surface area contributed by atoms with Crippen molar-refractivity contribution < 1.29 is 14.4 Å². The lowest BCUT2D eigenvalue weighted by molar-refractivity contribution is -0.136. The third kappa shape index (κ3) is 5.21. The first-order chi connectivity index (χ1) is 11.6. The summed E-state index contributed by atoms with van der Waals surface area (Å²) in [5.74, 6) is -0.144. The summed E-state index contributed by atoms with van der Waals surface area (Å²) in [6.07, 6.45) is 6.91. The molecule has 2 rings (SSSR count). The van der Waals surface area contributed by atoms with Crippen molar-refractivity contribution in [1.29, 1.82) is 0 Å². The van der Waals surface area contributed by atoms with Crippen LogP contribution in [0.25, 0.3) is 0 Å². The van der Waals surface area contributed by atoms with Gasteiger partial charge in [-0.05, 0) is 32.1 Å². The van der Waals surface area contributed by atoms with E-state index in [4.69, 9.17) is 0 Å². The third-order valence-corrected chi connectivity index (χ3v) is 5.06. The Kier molecular flexibility index (Phi) is 7.53. The van der Waals surface area contributed by atoms with E-state index >= 15 is 0 Å². The lowest BCUT2D eigenvalue weighted by Crippen LogP contribution is -2.44. The highest BCUT2D eigenvalue weighted by Gasteiger charge is 2.35. The fourth-order valence-corrected chi connectivity index (χ4v) is 3.69. The van der Waals surface area contributed by atoms with Gasteiger partial charge in [0, 0.05) is 44.4 Å². The number of hydrogen-bond donors (Lipinski definition) is 2. The van der Waals surface area contributed by atoms with Gasteiger partial charge in [-0.15, -0.1) is 0 Å². The summed E-state index contributed by atoms with van der Waals surface area (Å²) in [4.78, 5) is 38.2. The Bertz CT molecular complexity index is 453. The summed E-state index contributed by atoms with van der Waals surface area (Å²) in [6.45, 7) is 4.83. The molecule has 1 aliphatic carbocycles. The second kappa shape index (κ2) is 9.64. The molecule has 0 bridgehead atoms. The molecule has 2 atom stereocenters. The van der Waals surface area contributed by atoms with E-state index in [1.165, 1.54) is 0 Å². The molecule has 0 aromatic heterocycles. The summed E-state index contributed by atoms with van der Waals surface area (Å²) in [5, 5.41) is 5.91. The monoisotopic (exact) mass is 337 g/mol. The molecule has 2 N–H and O–H groups in total. The number of carbonyl (C=O) groups excluding carboxylic acids is 3. The van der Waals surface area contributed by atoms with Crippen LogP contribution in [0.15, 0.2) is 0 Å². The second-order valence-electron chi connectivity index (χ2n) is 6.92. The van der Waals surface area contributed by atoms with Gasteiger partial charge in [-0.25, -0.2) is 0 Å². The normalized spacial score (nSPS) is 24.0. The molecular formula is C18H31N3O3. The van der Waals surface area contributed by atoms with Gasteiger partial charge in [0.2, 0.25) is 17.7 Å². The number of nitrogens with one attached hydrogen (secondary N) is 2. The van der Waals surface area contributed by atoms with E-state index in [1.54, 1.807) is 0 Å². The van der Waals surface area contributed by atoms with E-state index in [2.05, 4.69) is 10.6 Å². The van der Waals surface area contributed by atoms with Gasteiger partial charge in [0.25, 0.3) is 0 Å². The molecular weight excluding hydrogens is 306 g/mol. The first kappa shape index (κ1) is 18.7. The van der Waals surface area contributed by atoms with Crippen molar-refractivity contribution in [3.05, 3.63) is 0 Å². The fourth-order valence-electron chi connectivity index (χ4n) is 3.69. The van der Waals surface area contributed by atoms with Crippen molar-refractivity contribution >= 4 is 17.7 Å². The summed E-state index contributed by atoms with van der Waals surface area (Å²) >= 11 is 0. The van der Waals surface area contributed by atoms with Crippen molar-refractivity contribution in [3.63, 3.8) is 0 Å². The van der Waals surface area contributed by atoms with E-state index < -0.39 is 0 Å². The molecule has 0 unspecified atom stereocenters. The molecule has 1 heterocycles. The van der Waals surface area contributed by atoms with Crippen molar-refractivity contribution in [2.45, 2.75) is 58.3 Å². The molecule has 0 radical (unpaired) electrons. The molecule has 1 aliphatic heterocycles. The zero-order chi connectivity index (χ0) is 17.4. The van der Waals surface area contributed by atoms with Crippen LogP contribution in [0.3, 0.4) is 0 Å². The molecule has 24 heavy (non-hydrogen) atoms. The van der Waals surface area contributed by atoms with Crippen LogP contribution in [-0.2, 0) is 14.4 Å². The Morgan fingerprint density at radius 1 is 1.04 bits per heavy atom. The summed E-state index contributed by atoms with van der Waals surface area (Å²) < 4.78 is 0. The average molecular weight is 337 g/mol. The van der Waals surface area contributed by atoms with Gasteiger partial charge >= 0.3 is 0 Å². The highest BCUT2D eigenvalue weighted by atomic mass is 16.2. The number of nitrogens with zero attached hydrogens (tertiary/aromatic N) is 1. The van der Waals surface area contributed by atoms with Crippen molar-refractivity contribution in [1.82, 2.24) is 15.5 Å². The van der Waals surface area contributed by atoms with Crippen LogP contribution in [0.4, 0.5) is 0 Å². The summed E-state index contributed by atoms with van der Waals surface area (Å²) in [7, 11) is 0. The smallest absolute Gasteiger partial charge is 0.223 e. The van der Waals surface area contributed by atoms with E-state index in [9.17, 15) is 14.4 Å². The molecule has 2 fully saturated rings. The molecule has 0 aromatic carbocycles. The highest BCUT2D eigenvalue weighted by molar-refractivity contribution is 5.87. The van der Waals surface area contributed by atoms with Crippen molar-refractivity contribution in [2.24, 2.45) is 11.8 Å². The number of likely N-dealkylation sites (tertiary alicyclic amines) is 1. The SMILES string of the molecule is CCCNC(=O)[C@@H]1CCCC[C@@H]1C(=O)NCCCN1CCCC1=O. The first-order valence-corrected chi connectivity index (χ1v) is 9.46. The van der Waals surface area contributed by atoms with Gasteiger partial charge in [-0.3, -0.25) is 14.4 Å². The number of rotatable bonds is 8. The molecule has 0 spiro atoms. The lowest BCUT2D eigenvalue weighted by atomic mass is 9.78. The molecule has 0 aromatic rings. The van der Waals surface area contributed by atoms with Gasteiger partial charge < -0.3 is 15.5 Å². The second-order valence-corrected chi connectivity index (χ2v) is 6.92. The quantitative estimate of drug-likeness (QED) is 0.658. The predicted molar refractivity (Wildman–Crippen MR) is 92.2 cm³/mol. The largest absolute Gasteiger partial charge is 0.356 e. The Labute approximate surface area is 144 Å². The van der Waals surface area contributed by atoms with Crippen molar-refractivity contribution in [3.8, 4) is 0 Å². The molecule has 1 saturated carbocycles. The molecule has 2 aliphatic rings. The zero-order valence-electron chi connectivity index (χ0n) is 14.8. The Hall–Kier alpha value is -1.59. The number of carbonyl (C=O) groups is 3. The van der Waals surface area contributed by atoms with Crippen LogP contribution in [0.5, 0.6) is 0 Å². The van der Waals surface area contributed by atoms with Crippen LogP contribution in [-0.4, -0.2) is 48.8 Å². The standard InChI is InChI=1S/C18H31N3O3/c1-2-10-19-17(23)14-7-3-4-8-15(14)18(24)20-11-6-13-21-12-5-9-16(21)22/h14-15H,2-13H2,1H3,(H,19,23)(H,20,24)/t14-,15+/m1/s1. The number of hydrogen-bond acceptors (Lipinski definition) is 3. The van der Waals surface area contributed by atoms with E-state index in [-0.39, 0.29) is 29.6 Å². The number of amides is 3. The van der Waals surface area contributed by atoms with Gasteiger partial charge in [-0.2, -0.15) is 0 Å². The van der Waals surface area contributed by atoms with E-state index in [0.29, 0.717) is 26.1 Å². The maximum Gasteiger partial charge on any atom is 0.223 e. The Morgan fingerprint density at radius 3 is 2.21 bits per heavy atom. The van der Waals surface area contributed by atoms with Crippen LogP contribution in [0.1, 0.15) is 58.3 Å². The molecule has 1 saturated heterocycles. The maximum absolute atomic E-state index is 12.5. The van der Waals surface area contributed by atoms with Crippen LogP contribution in [0.2, 0.25) is 0 Å². The Balaban J connectivity index is 1.74. The average Bonchev–Trinajstić information content (AvgIpc) is 3.01. The van der Waals surface area contributed by atoms with E-state index in [1.807, 2.05) is 11.8 Å². The summed E-state index contributed by atoms with van der Waals surface area (Å²) in [5.41, 5.74) is 0. The topological polar surface area (TPSA) is 78.5 Å². The maximum atomic E-state index is 12.5. The minimum absolute atomic E-state index is 0.000836.